The van der Waals surface area contributed by atoms with Crippen molar-refractivity contribution in [2.24, 2.45) is 0 Å². The van der Waals surface area contributed by atoms with Gasteiger partial charge in [0.05, 0.1) is 10.2 Å². The Kier molecular flexibility index (Phi) is 7.99. The summed E-state index contributed by atoms with van der Waals surface area (Å²) in [5.74, 6) is -1.50. The van der Waals surface area contributed by atoms with E-state index >= 15 is 0 Å². The topological polar surface area (TPSA) is 105 Å². The first-order valence-electron chi connectivity index (χ1n) is 11.5. The molecule has 5 amide bonds. The molecule has 1 aliphatic rings. The van der Waals surface area contributed by atoms with Crippen molar-refractivity contribution in [2.75, 3.05) is 16.8 Å². The third-order valence-electron chi connectivity index (χ3n) is 6.02. The Morgan fingerprint density at radius 2 is 1.82 bits per heavy atom. The zero-order valence-electron chi connectivity index (χ0n) is 20.7. The molecule has 0 aliphatic carbocycles. The minimum atomic E-state index is -0.855. The Hall–Kier alpha value is -3.95. The maximum absolute atomic E-state index is 13.2. The number of urea groups is 1. The fourth-order valence-corrected chi connectivity index (χ4v) is 4.48. The number of carbonyl (C=O) groups excluding carboxylic acids is 4. The number of carbonyl (C=O) groups is 4. The predicted molar refractivity (Wildman–Crippen MR) is 149 cm³/mol. The molecule has 0 aromatic heterocycles. The fourth-order valence-electron chi connectivity index (χ4n) is 3.81. The third kappa shape index (κ3) is 5.79. The van der Waals surface area contributed by atoms with Crippen molar-refractivity contribution in [3.8, 4) is 5.75 Å². The quantitative estimate of drug-likeness (QED) is 0.280. The van der Waals surface area contributed by atoms with Gasteiger partial charge in [-0.1, -0.05) is 35.9 Å². The number of amides is 5. The van der Waals surface area contributed by atoms with Gasteiger partial charge in [-0.15, -0.1) is 0 Å². The lowest BCUT2D eigenvalue weighted by atomic mass is 10.1. The van der Waals surface area contributed by atoms with Crippen LogP contribution in [0.1, 0.15) is 22.3 Å². The van der Waals surface area contributed by atoms with Crippen molar-refractivity contribution in [1.82, 2.24) is 5.32 Å². The molecular weight excluding hydrogens is 574 g/mol. The third-order valence-corrected chi connectivity index (χ3v) is 6.87. The molecule has 3 aromatic rings. The van der Waals surface area contributed by atoms with Gasteiger partial charge < -0.3 is 10.1 Å². The van der Waals surface area contributed by atoms with Gasteiger partial charge in [-0.3, -0.25) is 19.7 Å². The SMILES string of the molecule is Cc1ccc(Cl)cc1N1C(=O)NC(=O)/C(=C\c2ccc(OCC(=O)Nc3cccc(C)c3C)c(Br)c2)C1=O. The molecule has 8 nitrogen and oxygen atoms in total. The molecule has 4 rings (SSSR count). The Balaban J connectivity index is 1.50. The number of nitrogens with zero attached hydrogens (tertiary/aromatic N) is 1. The average molecular weight is 597 g/mol. The second kappa shape index (κ2) is 11.2. The Bertz CT molecular complexity index is 1520. The molecule has 1 aliphatic heterocycles. The van der Waals surface area contributed by atoms with Crippen molar-refractivity contribution < 1.29 is 23.9 Å². The van der Waals surface area contributed by atoms with Gasteiger partial charge in [0.1, 0.15) is 11.3 Å². The van der Waals surface area contributed by atoms with Gasteiger partial charge in [-0.25, -0.2) is 9.69 Å². The van der Waals surface area contributed by atoms with Gasteiger partial charge in [0, 0.05) is 10.7 Å². The Morgan fingerprint density at radius 3 is 2.55 bits per heavy atom. The normalized spacial score (nSPS) is 14.5. The largest absolute Gasteiger partial charge is 0.483 e. The van der Waals surface area contributed by atoms with Gasteiger partial charge in [0.15, 0.2) is 6.61 Å². The number of nitrogens with one attached hydrogen (secondary N) is 2. The van der Waals surface area contributed by atoms with Crippen molar-refractivity contribution in [2.45, 2.75) is 20.8 Å². The van der Waals surface area contributed by atoms with Crippen LogP contribution in [0.5, 0.6) is 5.75 Å². The molecule has 1 fully saturated rings. The van der Waals surface area contributed by atoms with Crippen molar-refractivity contribution in [3.63, 3.8) is 0 Å². The minimum Gasteiger partial charge on any atom is -0.483 e. The van der Waals surface area contributed by atoms with Crippen LogP contribution >= 0.6 is 27.5 Å². The van der Waals surface area contributed by atoms with Crippen LogP contribution in [0.15, 0.2) is 64.6 Å². The van der Waals surface area contributed by atoms with Crippen LogP contribution in [-0.2, 0) is 14.4 Å². The molecule has 2 N–H and O–H groups in total. The maximum atomic E-state index is 13.2. The number of hydrogen-bond donors (Lipinski definition) is 2. The monoisotopic (exact) mass is 595 g/mol. The van der Waals surface area contributed by atoms with E-state index in [2.05, 4.69) is 26.6 Å². The zero-order chi connectivity index (χ0) is 27.6. The van der Waals surface area contributed by atoms with E-state index in [1.807, 2.05) is 32.0 Å². The Morgan fingerprint density at radius 1 is 1.05 bits per heavy atom. The molecule has 0 saturated carbocycles. The molecule has 0 atom stereocenters. The number of benzene rings is 3. The lowest BCUT2D eigenvalue weighted by Gasteiger charge is -2.27. The summed E-state index contributed by atoms with van der Waals surface area (Å²) < 4.78 is 6.16. The molecule has 38 heavy (non-hydrogen) atoms. The molecule has 0 radical (unpaired) electrons. The molecule has 0 bridgehead atoms. The summed E-state index contributed by atoms with van der Waals surface area (Å²) in [6.07, 6.45) is 1.37. The number of ether oxygens (including phenoxy) is 1. The maximum Gasteiger partial charge on any atom is 0.335 e. The van der Waals surface area contributed by atoms with E-state index in [9.17, 15) is 19.2 Å². The van der Waals surface area contributed by atoms with Crippen molar-refractivity contribution in [3.05, 3.63) is 91.9 Å². The predicted octanol–water partition coefficient (Wildman–Crippen LogP) is 5.71. The molecule has 0 spiro atoms. The highest BCUT2D eigenvalue weighted by atomic mass is 79.9. The summed E-state index contributed by atoms with van der Waals surface area (Å²) in [5, 5.41) is 5.37. The van der Waals surface area contributed by atoms with E-state index in [-0.39, 0.29) is 23.8 Å². The van der Waals surface area contributed by atoms with Gasteiger partial charge in [-0.2, -0.15) is 0 Å². The van der Waals surface area contributed by atoms with E-state index in [1.54, 1.807) is 37.3 Å². The molecule has 1 heterocycles. The van der Waals surface area contributed by atoms with Crippen LogP contribution < -0.4 is 20.3 Å². The van der Waals surface area contributed by atoms with Gasteiger partial charge in [0.25, 0.3) is 17.7 Å². The van der Waals surface area contributed by atoms with Gasteiger partial charge in [0.2, 0.25) is 0 Å². The second-order valence-corrected chi connectivity index (χ2v) is 9.95. The highest BCUT2D eigenvalue weighted by Gasteiger charge is 2.37. The highest BCUT2D eigenvalue weighted by Crippen LogP contribution is 2.30. The van der Waals surface area contributed by atoms with Gasteiger partial charge in [-0.05, 0) is 95.4 Å². The van der Waals surface area contributed by atoms with Crippen LogP contribution in [-0.4, -0.2) is 30.4 Å². The van der Waals surface area contributed by atoms with Crippen molar-refractivity contribution >= 4 is 68.7 Å². The van der Waals surface area contributed by atoms with E-state index in [4.69, 9.17) is 16.3 Å². The lowest BCUT2D eigenvalue weighted by Crippen LogP contribution is -2.54. The van der Waals surface area contributed by atoms with Crippen LogP contribution in [0.2, 0.25) is 5.02 Å². The summed E-state index contributed by atoms with van der Waals surface area (Å²) >= 11 is 9.47. The van der Waals surface area contributed by atoms with Crippen LogP contribution in [0.3, 0.4) is 0 Å². The molecule has 1 saturated heterocycles. The highest BCUT2D eigenvalue weighted by molar-refractivity contribution is 9.10. The van der Waals surface area contributed by atoms with E-state index in [0.717, 1.165) is 21.7 Å². The van der Waals surface area contributed by atoms with Crippen LogP contribution in [0, 0.1) is 20.8 Å². The average Bonchev–Trinajstić information content (AvgIpc) is 2.86. The van der Waals surface area contributed by atoms with E-state index < -0.39 is 17.8 Å². The zero-order valence-corrected chi connectivity index (χ0v) is 23.1. The minimum absolute atomic E-state index is 0.219. The number of hydrogen-bond acceptors (Lipinski definition) is 5. The summed E-state index contributed by atoms with van der Waals surface area (Å²) in [7, 11) is 0. The smallest absolute Gasteiger partial charge is 0.335 e. The van der Waals surface area contributed by atoms with Gasteiger partial charge >= 0.3 is 6.03 Å². The number of barbiturate groups is 1. The second-order valence-electron chi connectivity index (χ2n) is 8.66. The summed E-state index contributed by atoms with van der Waals surface area (Å²) in [6.45, 7) is 5.40. The first-order chi connectivity index (χ1) is 18.0. The van der Waals surface area contributed by atoms with Crippen LogP contribution in [0.25, 0.3) is 6.08 Å². The molecule has 10 heteroatoms. The molecule has 3 aromatic carbocycles. The lowest BCUT2D eigenvalue weighted by molar-refractivity contribution is -0.122. The summed E-state index contributed by atoms with van der Waals surface area (Å²) in [5.41, 5.74) is 3.95. The summed E-state index contributed by atoms with van der Waals surface area (Å²) in [6, 6.07) is 14.5. The number of halogens is 2. The summed E-state index contributed by atoms with van der Waals surface area (Å²) in [4.78, 5) is 51.5. The number of aryl methyl sites for hydroxylation is 2. The number of rotatable bonds is 6. The number of imide groups is 2. The standard InChI is InChI=1S/C28H23BrClN3O5/c1-15-5-4-6-22(17(15)3)31-25(34)14-38-24-10-8-18(12-21(24)29)11-20-26(35)32-28(37)33(27(20)36)23-13-19(30)9-7-16(23)2/h4-13H,14H2,1-3H3,(H,31,34)(H,32,35,37)/b20-11+. The first kappa shape index (κ1) is 27.1. The van der Waals surface area contributed by atoms with Crippen molar-refractivity contribution in [1.29, 1.82) is 0 Å². The van der Waals surface area contributed by atoms with E-state index in [1.165, 1.54) is 12.1 Å². The fraction of sp³-hybridized carbons (Fsp3) is 0.143. The molecular formula is C28H23BrClN3O5. The Labute approximate surface area is 232 Å². The van der Waals surface area contributed by atoms with Crippen LogP contribution in [0.4, 0.5) is 16.2 Å². The number of anilines is 2. The molecule has 194 valence electrons. The first-order valence-corrected chi connectivity index (χ1v) is 12.7. The molecule has 0 unspecified atom stereocenters. The van der Waals surface area contributed by atoms with E-state index in [0.29, 0.717) is 26.4 Å².